The maximum absolute atomic E-state index is 12.4. The largest absolute Gasteiger partial charge is 0.347 e. The van der Waals surface area contributed by atoms with E-state index in [-0.39, 0.29) is 18.4 Å². The number of rotatable bonds is 10. The van der Waals surface area contributed by atoms with Crippen molar-refractivity contribution in [3.8, 4) is 0 Å². The Morgan fingerprint density at radius 3 is 1.90 bits per heavy atom. The molecule has 118 valence electrons. The predicted octanol–water partition coefficient (Wildman–Crippen LogP) is 1.52. The molecule has 3 N–H and O–H groups in total. The normalized spacial score (nSPS) is 11.2. The van der Waals surface area contributed by atoms with Crippen LogP contribution in [0.25, 0.3) is 0 Å². The molecular weight excluding hydrogens is 254 g/mol. The van der Waals surface area contributed by atoms with Gasteiger partial charge in [0, 0.05) is 19.6 Å². The van der Waals surface area contributed by atoms with Crippen molar-refractivity contribution < 1.29 is 9.59 Å². The molecule has 0 fully saturated rings. The second-order valence-corrected chi connectivity index (χ2v) is 5.23. The van der Waals surface area contributed by atoms with E-state index in [9.17, 15) is 9.59 Å². The van der Waals surface area contributed by atoms with Gasteiger partial charge >= 0.3 is 0 Å². The van der Waals surface area contributed by atoms with E-state index in [4.69, 9.17) is 5.73 Å². The van der Waals surface area contributed by atoms with Crippen LogP contribution in [0.15, 0.2) is 0 Å². The lowest BCUT2D eigenvalue weighted by Crippen LogP contribution is -2.49. The van der Waals surface area contributed by atoms with Crippen molar-refractivity contribution in [3.63, 3.8) is 0 Å². The van der Waals surface area contributed by atoms with E-state index in [1.165, 1.54) is 0 Å². The smallest absolute Gasteiger partial charge is 0.241 e. The van der Waals surface area contributed by atoms with Crippen molar-refractivity contribution >= 4 is 11.8 Å². The summed E-state index contributed by atoms with van der Waals surface area (Å²) in [5.74, 6) is -0.119. The lowest BCUT2D eigenvalue weighted by Gasteiger charge is -2.31. The Bertz CT molecular complexity index is 295. The van der Waals surface area contributed by atoms with Crippen molar-refractivity contribution in [1.82, 2.24) is 10.2 Å². The molecule has 0 aliphatic rings. The highest BCUT2D eigenvalue weighted by Crippen LogP contribution is 2.28. The molecule has 0 spiro atoms. The summed E-state index contributed by atoms with van der Waals surface area (Å²) in [5.41, 5.74) is 5.32. The SMILES string of the molecule is CCCC(CN)(CCC)C(=O)NCC(=O)N(CC)CC. The average Bonchev–Trinajstić information content (AvgIpc) is 2.45. The van der Waals surface area contributed by atoms with Gasteiger partial charge in [0.1, 0.15) is 0 Å². The molecular formula is C15H31N3O2. The van der Waals surface area contributed by atoms with Crippen molar-refractivity contribution in [2.24, 2.45) is 11.1 Å². The van der Waals surface area contributed by atoms with Gasteiger partial charge in [-0.25, -0.2) is 0 Å². The molecule has 0 bridgehead atoms. The van der Waals surface area contributed by atoms with Crippen LogP contribution in [0.1, 0.15) is 53.4 Å². The first kappa shape index (κ1) is 18.9. The van der Waals surface area contributed by atoms with Crippen LogP contribution in [0, 0.1) is 5.41 Å². The van der Waals surface area contributed by atoms with E-state index < -0.39 is 5.41 Å². The van der Waals surface area contributed by atoms with Crippen molar-refractivity contribution in [3.05, 3.63) is 0 Å². The predicted molar refractivity (Wildman–Crippen MR) is 82.2 cm³/mol. The number of nitrogens with two attached hydrogens (primary N) is 1. The summed E-state index contributed by atoms with van der Waals surface area (Å²) in [4.78, 5) is 26.1. The maximum Gasteiger partial charge on any atom is 0.241 e. The molecule has 5 nitrogen and oxygen atoms in total. The average molecular weight is 285 g/mol. The van der Waals surface area contributed by atoms with Crippen LogP contribution in [-0.2, 0) is 9.59 Å². The van der Waals surface area contributed by atoms with Gasteiger partial charge in [0.05, 0.1) is 12.0 Å². The highest BCUT2D eigenvalue weighted by Gasteiger charge is 2.35. The standard InChI is InChI=1S/C15H31N3O2/c1-5-9-15(12-16,10-6-2)14(20)17-11-13(19)18(7-3)8-4/h5-12,16H2,1-4H3,(H,17,20). The van der Waals surface area contributed by atoms with Gasteiger partial charge < -0.3 is 16.0 Å². The second-order valence-electron chi connectivity index (χ2n) is 5.23. The molecule has 0 aromatic carbocycles. The Kier molecular flexibility index (Phi) is 9.21. The molecule has 0 saturated heterocycles. The van der Waals surface area contributed by atoms with Gasteiger partial charge in [-0.2, -0.15) is 0 Å². The lowest BCUT2D eigenvalue weighted by molar-refractivity contribution is -0.136. The van der Waals surface area contributed by atoms with Gasteiger partial charge in [0.2, 0.25) is 11.8 Å². The summed E-state index contributed by atoms with van der Waals surface area (Å²) in [6.45, 7) is 9.69. The van der Waals surface area contributed by atoms with Crippen molar-refractivity contribution in [2.75, 3.05) is 26.2 Å². The van der Waals surface area contributed by atoms with E-state index in [0.717, 1.165) is 25.7 Å². The molecule has 0 rings (SSSR count). The monoisotopic (exact) mass is 285 g/mol. The number of amides is 2. The number of carbonyl (C=O) groups excluding carboxylic acids is 2. The van der Waals surface area contributed by atoms with Crippen LogP contribution in [0.3, 0.4) is 0 Å². The molecule has 0 radical (unpaired) electrons. The van der Waals surface area contributed by atoms with Gasteiger partial charge in [-0.1, -0.05) is 26.7 Å². The Morgan fingerprint density at radius 2 is 1.55 bits per heavy atom. The molecule has 0 heterocycles. The van der Waals surface area contributed by atoms with Gasteiger partial charge in [-0.3, -0.25) is 9.59 Å². The third kappa shape index (κ3) is 5.12. The minimum atomic E-state index is -0.521. The van der Waals surface area contributed by atoms with Crippen LogP contribution >= 0.6 is 0 Å². The fraction of sp³-hybridized carbons (Fsp3) is 0.867. The summed E-state index contributed by atoms with van der Waals surface area (Å²) >= 11 is 0. The van der Waals surface area contributed by atoms with Crippen LogP contribution in [0.4, 0.5) is 0 Å². The summed E-state index contributed by atoms with van der Waals surface area (Å²) in [7, 11) is 0. The third-order valence-corrected chi connectivity index (χ3v) is 3.85. The summed E-state index contributed by atoms with van der Waals surface area (Å²) in [6, 6.07) is 0. The van der Waals surface area contributed by atoms with Crippen LogP contribution in [0.2, 0.25) is 0 Å². The second kappa shape index (κ2) is 9.75. The molecule has 0 aromatic heterocycles. The van der Waals surface area contributed by atoms with Gasteiger partial charge in [-0.15, -0.1) is 0 Å². The minimum Gasteiger partial charge on any atom is -0.347 e. The van der Waals surface area contributed by atoms with E-state index in [0.29, 0.717) is 19.6 Å². The van der Waals surface area contributed by atoms with E-state index in [2.05, 4.69) is 19.2 Å². The van der Waals surface area contributed by atoms with Gasteiger partial charge in [0.25, 0.3) is 0 Å². The number of hydrogen-bond acceptors (Lipinski definition) is 3. The summed E-state index contributed by atoms with van der Waals surface area (Å²) < 4.78 is 0. The zero-order valence-electron chi connectivity index (χ0n) is 13.5. The summed E-state index contributed by atoms with van der Waals surface area (Å²) in [6.07, 6.45) is 3.36. The number of likely N-dealkylation sites (N-methyl/N-ethyl adjacent to an activating group) is 1. The number of carbonyl (C=O) groups is 2. The van der Waals surface area contributed by atoms with Crippen molar-refractivity contribution in [1.29, 1.82) is 0 Å². The molecule has 0 unspecified atom stereocenters. The zero-order valence-corrected chi connectivity index (χ0v) is 13.5. The quantitative estimate of drug-likeness (QED) is 0.639. The molecule has 0 aliphatic heterocycles. The first-order chi connectivity index (χ1) is 9.51. The minimum absolute atomic E-state index is 0.0396. The Morgan fingerprint density at radius 1 is 1.05 bits per heavy atom. The fourth-order valence-electron chi connectivity index (χ4n) is 2.64. The molecule has 0 saturated carbocycles. The molecule has 0 aromatic rings. The molecule has 0 atom stereocenters. The molecule has 5 heteroatoms. The zero-order chi connectivity index (χ0) is 15.6. The Labute approximate surface area is 123 Å². The Balaban J connectivity index is 4.65. The van der Waals surface area contributed by atoms with Crippen molar-refractivity contribution in [2.45, 2.75) is 53.4 Å². The molecule has 0 aliphatic carbocycles. The highest BCUT2D eigenvalue weighted by atomic mass is 16.2. The van der Waals surface area contributed by atoms with Gasteiger partial charge in [-0.05, 0) is 26.7 Å². The maximum atomic E-state index is 12.4. The number of nitrogens with one attached hydrogen (secondary N) is 1. The van der Waals surface area contributed by atoms with E-state index in [1.807, 2.05) is 13.8 Å². The van der Waals surface area contributed by atoms with Crippen LogP contribution < -0.4 is 11.1 Å². The summed E-state index contributed by atoms with van der Waals surface area (Å²) in [5, 5.41) is 2.78. The Hall–Kier alpha value is -1.10. The lowest BCUT2D eigenvalue weighted by atomic mass is 9.78. The topological polar surface area (TPSA) is 75.4 Å². The first-order valence-corrected chi connectivity index (χ1v) is 7.77. The molecule has 20 heavy (non-hydrogen) atoms. The number of hydrogen-bond donors (Lipinski definition) is 2. The number of nitrogens with zero attached hydrogens (tertiary/aromatic N) is 1. The molecule has 2 amide bonds. The first-order valence-electron chi connectivity index (χ1n) is 7.77. The van der Waals surface area contributed by atoms with Gasteiger partial charge in [0.15, 0.2) is 0 Å². The highest BCUT2D eigenvalue weighted by molar-refractivity contribution is 5.88. The third-order valence-electron chi connectivity index (χ3n) is 3.85. The fourth-order valence-corrected chi connectivity index (χ4v) is 2.64. The van der Waals surface area contributed by atoms with E-state index >= 15 is 0 Å². The van der Waals surface area contributed by atoms with Crippen LogP contribution in [0.5, 0.6) is 0 Å². The van der Waals surface area contributed by atoms with E-state index in [1.54, 1.807) is 4.90 Å². The van der Waals surface area contributed by atoms with Crippen LogP contribution in [-0.4, -0.2) is 42.9 Å².